The van der Waals surface area contributed by atoms with E-state index in [4.69, 9.17) is 0 Å². The van der Waals surface area contributed by atoms with E-state index in [0.29, 0.717) is 26.1 Å². The highest BCUT2D eigenvalue weighted by Crippen LogP contribution is 2.27. The highest BCUT2D eigenvalue weighted by Gasteiger charge is 2.23. The van der Waals surface area contributed by atoms with Gasteiger partial charge in [0.2, 0.25) is 5.91 Å². The third-order valence-electron chi connectivity index (χ3n) is 6.63. The Morgan fingerprint density at radius 2 is 1.57 bits per heavy atom. The molecule has 160 valence electrons. The summed E-state index contributed by atoms with van der Waals surface area (Å²) < 4.78 is 0. The number of fused-ring (bicyclic) bond motifs is 1. The number of hydrogen-bond donors (Lipinski definition) is 1. The molecule has 1 saturated carbocycles. The number of benzene rings is 2. The highest BCUT2D eigenvalue weighted by atomic mass is 16.2. The number of urea groups is 1. The van der Waals surface area contributed by atoms with E-state index in [1.165, 1.54) is 32.1 Å². The van der Waals surface area contributed by atoms with Crippen LogP contribution in [0.3, 0.4) is 0 Å². The molecule has 2 aliphatic rings. The summed E-state index contributed by atoms with van der Waals surface area (Å²) in [5.41, 5.74) is 0.809. The molecule has 3 amide bonds. The Labute approximate surface area is 179 Å². The average molecular weight is 408 g/mol. The van der Waals surface area contributed by atoms with E-state index < -0.39 is 0 Å². The van der Waals surface area contributed by atoms with Crippen molar-refractivity contribution in [3.63, 3.8) is 0 Å². The van der Waals surface area contributed by atoms with Gasteiger partial charge < -0.3 is 15.1 Å². The maximum absolute atomic E-state index is 12.8. The quantitative estimate of drug-likeness (QED) is 0.751. The van der Waals surface area contributed by atoms with E-state index in [-0.39, 0.29) is 11.9 Å². The number of nitrogens with zero attached hydrogens (tertiary/aromatic N) is 2. The first-order valence-corrected chi connectivity index (χ1v) is 11.5. The van der Waals surface area contributed by atoms with E-state index in [1.54, 1.807) is 0 Å². The summed E-state index contributed by atoms with van der Waals surface area (Å²) in [5.74, 6) is 0.997. The first kappa shape index (κ1) is 20.7. The fourth-order valence-electron chi connectivity index (χ4n) is 4.80. The van der Waals surface area contributed by atoms with Crippen molar-refractivity contribution in [1.82, 2.24) is 9.80 Å². The maximum Gasteiger partial charge on any atom is 0.321 e. The predicted octanol–water partition coefficient (Wildman–Crippen LogP) is 5.27. The van der Waals surface area contributed by atoms with Crippen molar-refractivity contribution >= 4 is 28.4 Å². The fraction of sp³-hybridized carbons (Fsp3) is 0.520. The molecular formula is C25H33N3O2. The third-order valence-corrected chi connectivity index (χ3v) is 6.63. The van der Waals surface area contributed by atoms with E-state index in [2.05, 4.69) is 11.4 Å². The third kappa shape index (κ3) is 5.32. The van der Waals surface area contributed by atoms with Crippen LogP contribution in [0.15, 0.2) is 42.5 Å². The SMILES string of the molecule is O=C(CCC1CCCCC1)N1CCCN(C(=O)Nc2ccc3ccccc3c2)CC1. The van der Waals surface area contributed by atoms with E-state index in [1.807, 2.05) is 46.2 Å². The topological polar surface area (TPSA) is 52.7 Å². The number of anilines is 1. The van der Waals surface area contributed by atoms with Crippen molar-refractivity contribution < 1.29 is 9.59 Å². The van der Waals surface area contributed by atoms with E-state index in [9.17, 15) is 9.59 Å². The molecule has 0 bridgehead atoms. The minimum Gasteiger partial charge on any atom is -0.341 e. The Hall–Kier alpha value is -2.56. The van der Waals surface area contributed by atoms with Crippen molar-refractivity contribution in [2.75, 3.05) is 31.5 Å². The van der Waals surface area contributed by atoms with Crippen molar-refractivity contribution in [1.29, 1.82) is 0 Å². The predicted molar refractivity (Wildman–Crippen MR) is 122 cm³/mol. The minimum atomic E-state index is -0.0817. The van der Waals surface area contributed by atoms with E-state index in [0.717, 1.165) is 41.8 Å². The highest BCUT2D eigenvalue weighted by molar-refractivity contribution is 5.93. The molecule has 0 aromatic heterocycles. The fourth-order valence-corrected chi connectivity index (χ4v) is 4.80. The summed E-state index contributed by atoms with van der Waals surface area (Å²) in [6.07, 6.45) is 9.10. The first-order chi connectivity index (χ1) is 14.7. The first-order valence-electron chi connectivity index (χ1n) is 11.5. The molecule has 0 spiro atoms. The summed E-state index contributed by atoms with van der Waals surface area (Å²) in [7, 11) is 0. The lowest BCUT2D eigenvalue weighted by Gasteiger charge is -2.25. The van der Waals surface area contributed by atoms with Crippen LogP contribution in [0, 0.1) is 5.92 Å². The van der Waals surface area contributed by atoms with Gasteiger partial charge in [0.25, 0.3) is 0 Å². The van der Waals surface area contributed by atoms with Crippen LogP contribution in [0.2, 0.25) is 0 Å². The molecule has 1 N–H and O–H groups in total. The Balaban J connectivity index is 1.27. The second-order valence-electron chi connectivity index (χ2n) is 8.76. The van der Waals surface area contributed by atoms with Gasteiger partial charge in [-0.05, 0) is 41.7 Å². The summed E-state index contributed by atoms with van der Waals surface area (Å²) in [6.45, 7) is 2.66. The smallest absolute Gasteiger partial charge is 0.321 e. The molecule has 2 aromatic carbocycles. The number of carbonyl (C=O) groups excluding carboxylic acids is 2. The van der Waals surface area contributed by atoms with Gasteiger partial charge in [-0.3, -0.25) is 4.79 Å². The van der Waals surface area contributed by atoms with Gasteiger partial charge in [0.15, 0.2) is 0 Å². The summed E-state index contributed by atoms with van der Waals surface area (Å²) in [4.78, 5) is 29.3. The average Bonchev–Trinajstić information content (AvgIpc) is 3.05. The summed E-state index contributed by atoms with van der Waals surface area (Å²) in [6, 6.07) is 14.0. The molecular weight excluding hydrogens is 374 g/mol. The van der Waals surface area contributed by atoms with Crippen molar-refractivity contribution in [2.24, 2.45) is 5.92 Å². The van der Waals surface area contributed by atoms with Crippen molar-refractivity contribution in [3.8, 4) is 0 Å². The lowest BCUT2D eigenvalue weighted by Crippen LogP contribution is -2.39. The van der Waals surface area contributed by atoms with Gasteiger partial charge in [0, 0.05) is 38.3 Å². The standard InChI is InChI=1S/C25H33N3O2/c29-24(14-11-20-7-2-1-3-8-20)27-15-6-16-28(18-17-27)25(30)26-23-13-12-21-9-4-5-10-22(21)19-23/h4-5,9-10,12-13,19-20H,1-3,6-8,11,14-18H2,(H,26,30). The zero-order valence-corrected chi connectivity index (χ0v) is 17.8. The lowest BCUT2D eigenvalue weighted by atomic mass is 9.86. The van der Waals surface area contributed by atoms with Crippen LogP contribution in [0.4, 0.5) is 10.5 Å². The molecule has 2 aromatic rings. The molecule has 2 fully saturated rings. The van der Waals surface area contributed by atoms with Gasteiger partial charge in [-0.1, -0.05) is 62.4 Å². The van der Waals surface area contributed by atoms with Crippen LogP contribution in [0.1, 0.15) is 51.4 Å². The normalized spacial score (nSPS) is 18.3. The van der Waals surface area contributed by atoms with Crippen LogP contribution in [-0.4, -0.2) is 47.9 Å². The molecule has 0 unspecified atom stereocenters. The molecule has 1 aliphatic heterocycles. The molecule has 1 aliphatic carbocycles. The second kappa shape index (κ2) is 9.96. The number of nitrogens with one attached hydrogen (secondary N) is 1. The van der Waals surface area contributed by atoms with Crippen LogP contribution in [0.25, 0.3) is 10.8 Å². The zero-order valence-electron chi connectivity index (χ0n) is 17.8. The molecule has 1 saturated heterocycles. The summed E-state index contributed by atoms with van der Waals surface area (Å²) >= 11 is 0. The molecule has 5 heteroatoms. The number of carbonyl (C=O) groups is 2. The van der Waals surface area contributed by atoms with Gasteiger partial charge >= 0.3 is 6.03 Å². The molecule has 5 nitrogen and oxygen atoms in total. The number of hydrogen-bond acceptors (Lipinski definition) is 2. The van der Waals surface area contributed by atoms with Gasteiger partial charge in [-0.25, -0.2) is 4.79 Å². The molecule has 4 rings (SSSR count). The van der Waals surface area contributed by atoms with Gasteiger partial charge in [0.05, 0.1) is 0 Å². The second-order valence-corrected chi connectivity index (χ2v) is 8.76. The van der Waals surface area contributed by atoms with Gasteiger partial charge in [-0.2, -0.15) is 0 Å². The molecule has 30 heavy (non-hydrogen) atoms. The number of rotatable bonds is 4. The molecule has 0 atom stereocenters. The van der Waals surface area contributed by atoms with Crippen LogP contribution >= 0.6 is 0 Å². The molecule has 0 radical (unpaired) electrons. The Kier molecular flexibility index (Phi) is 6.88. The Morgan fingerprint density at radius 1 is 0.833 bits per heavy atom. The number of amides is 3. The monoisotopic (exact) mass is 407 g/mol. The summed E-state index contributed by atoms with van der Waals surface area (Å²) in [5, 5.41) is 5.30. The molecule has 1 heterocycles. The lowest BCUT2D eigenvalue weighted by molar-refractivity contribution is -0.131. The Morgan fingerprint density at radius 3 is 2.40 bits per heavy atom. The van der Waals surface area contributed by atoms with E-state index >= 15 is 0 Å². The van der Waals surface area contributed by atoms with Crippen LogP contribution in [-0.2, 0) is 4.79 Å². The van der Waals surface area contributed by atoms with Crippen molar-refractivity contribution in [2.45, 2.75) is 51.4 Å². The van der Waals surface area contributed by atoms with Crippen LogP contribution < -0.4 is 5.32 Å². The van der Waals surface area contributed by atoms with Gasteiger partial charge in [0.1, 0.15) is 0 Å². The van der Waals surface area contributed by atoms with Crippen molar-refractivity contribution in [3.05, 3.63) is 42.5 Å². The Bertz CT molecular complexity index is 876. The largest absolute Gasteiger partial charge is 0.341 e. The minimum absolute atomic E-state index is 0.0817. The zero-order chi connectivity index (χ0) is 20.8. The van der Waals surface area contributed by atoms with Gasteiger partial charge in [-0.15, -0.1) is 0 Å². The van der Waals surface area contributed by atoms with Crippen LogP contribution in [0.5, 0.6) is 0 Å². The maximum atomic E-state index is 12.8.